The molecule has 0 spiro atoms. The van der Waals surface area contributed by atoms with E-state index in [9.17, 15) is 22.4 Å². The van der Waals surface area contributed by atoms with Gasteiger partial charge in [-0.2, -0.15) is 0 Å². The molecule has 0 aromatic heterocycles. The van der Waals surface area contributed by atoms with Crippen LogP contribution in [-0.2, 0) is 32.6 Å². The Morgan fingerprint density at radius 2 is 1.45 bits per heavy atom. The van der Waals surface area contributed by atoms with Crippen LogP contribution in [0.2, 0.25) is 0 Å². The number of benzene rings is 3. The van der Waals surface area contributed by atoms with Gasteiger partial charge in [-0.25, -0.2) is 12.8 Å². The van der Waals surface area contributed by atoms with Gasteiger partial charge in [0.2, 0.25) is 11.8 Å². The standard InChI is InChI=1S/C31H38FN3O4S/c1-5-23(4)33-31(37)29(7-3)34(21-25-13-17-26(32)18-14-25)30(36)22-35(27-19-15-24(6-2)16-20-27)40(38,39)28-11-9-8-10-12-28/h8-20,23,29H,5-7,21-22H2,1-4H3,(H,33,37)/t23-,29+/m1/s1. The van der Waals surface area contributed by atoms with E-state index < -0.39 is 34.3 Å². The monoisotopic (exact) mass is 567 g/mol. The number of hydrogen-bond donors (Lipinski definition) is 1. The van der Waals surface area contributed by atoms with Gasteiger partial charge >= 0.3 is 0 Å². The maximum Gasteiger partial charge on any atom is 0.264 e. The second kappa shape index (κ2) is 14.1. The zero-order valence-electron chi connectivity index (χ0n) is 23.5. The van der Waals surface area contributed by atoms with Gasteiger partial charge < -0.3 is 10.2 Å². The van der Waals surface area contributed by atoms with E-state index in [1.54, 1.807) is 49.4 Å². The molecule has 9 heteroatoms. The molecule has 0 aliphatic carbocycles. The third-order valence-corrected chi connectivity index (χ3v) is 8.68. The Kier molecular flexibility index (Phi) is 10.8. The lowest BCUT2D eigenvalue weighted by Crippen LogP contribution is -2.53. The highest BCUT2D eigenvalue weighted by molar-refractivity contribution is 7.92. The summed E-state index contributed by atoms with van der Waals surface area (Å²) in [5.74, 6) is -1.29. The predicted molar refractivity (Wildman–Crippen MR) is 156 cm³/mol. The van der Waals surface area contributed by atoms with E-state index in [1.165, 1.54) is 29.2 Å². The Hall–Kier alpha value is -3.72. The lowest BCUT2D eigenvalue weighted by molar-refractivity contribution is -0.140. The summed E-state index contributed by atoms with van der Waals surface area (Å²) in [4.78, 5) is 28.7. The zero-order chi connectivity index (χ0) is 29.3. The summed E-state index contributed by atoms with van der Waals surface area (Å²) in [5, 5.41) is 2.94. The minimum absolute atomic E-state index is 0.0134. The summed E-state index contributed by atoms with van der Waals surface area (Å²) >= 11 is 0. The van der Waals surface area contributed by atoms with Gasteiger partial charge in [0, 0.05) is 12.6 Å². The second-order valence-electron chi connectivity index (χ2n) is 9.73. The van der Waals surface area contributed by atoms with Gasteiger partial charge in [0.05, 0.1) is 10.6 Å². The molecule has 0 aliphatic rings. The number of rotatable bonds is 13. The highest BCUT2D eigenvalue weighted by Gasteiger charge is 2.34. The van der Waals surface area contributed by atoms with Crippen molar-refractivity contribution in [3.63, 3.8) is 0 Å². The Balaban J connectivity index is 2.04. The van der Waals surface area contributed by atoms with Crippen molar-refractivity contribution in [2.45, 2.75) is 70.5 Å². The third kappa shape index (κ3) is 7.69. The van der Waals surface area contributed by atoms with Crippen LogP contribution in [0.4, 0.5) is 10.1 Å². The average molecular weight is 568 g/mol. The first kappa shape index (κ1) is 30.8. The van der Waals surface area contributed by atoms with Gasteiger partial charge in [0.15, 0.2) is 0 Å². The van der Waals surface area contributed by atoms with E-state index in [4.69, 9.17) is 0 Å². The van der Waals surface area contributed by atoms with Gasteiger partial charge in [-0.05, 0) is 73.7 Å². The molecule has 40 heavy (non-hydrogen) atoms. The number of nitrogens with zero attached hydrogens (tertiary/aromatic N) is 2. The van der Waals surface area contributed by atoms with Crippen LogP contribution in [0.1, 0.15) is 51.7 Å². The Bertz CT molecular complexity index is 1360. The van der Waals surface area contributed by atoms with Gasteiger partial charge in [-0.1, -0.05) is 63.2 Å². The molecule has 0 saturated carbocycles. The molecular formula is C31H38FN3O4S. The molecule has 0 radical (unpaired) electrons. The number of amides is 2. The number of carbonyl (C=O) groups is 2. The van der Waals surface area contributed by atoms with Crippen LogP contribution in [0, 0.1) is 5.82 Å². The number of carbonyl (C=O) groups excluding carboxylic acids is 2. The fourth-order valence-corrected chi connectivity index (χ4v) is 5.73. The van der Waals surface area contributed by atoms with Crippen LogP contribution < -0.4 is 9.62 Å². The summed E-state index contributed by atoms with van der Waals surface area (Å²) in [6.07, 6.45) is 1.80. The van der Waals surface area contributed by atoms with E-state index in [2.05, 4.69) is 5.32 Å². The van der Waals surface area contributed by atoms with Gasteiger partial charge in [-0.15, -0.1) is 0 Å². The second-order valence-corrected chi connectivity index (χ2v) is 11.6. The highest BCUT2D eigenvalue weighted by atomic mass is 32.2. The van der Waals surface area contributed by atoms with Crippen LogP contribution in [0.25, 0.3) is 0 Å². The van der Waals surface area contributed by atoms with Crippen molar-refractivity contribution in [3.8, 4) is 0 Å². The van der Waals surface area contributed by atoms with Crippen molar-refractivity contribution < 1.29 is 22.4 Å². The van der Waals surface area contributed by atoms with E-state index in [-0.39, 0.29) is 23.4 Å². The maximum atomic E-state index is 14.0. The van der Waals surface area contributed by atoms with E-state index in [0.29, 0.717) is 24.1 Å². The molecule has 2 atom stereocenters. The highest BCUT2D eigenvalue weighted by Crippen LogP contribution is 2.25. The molecule has 0 unspecified atom stereocenters. The van der Waals surface area contributed by atoms with Crippen LogP contribution in [0.5, 0.6) is 0 Å². The minimum atomic E-state index is -4.12. The molecule has 0 saturated heterocycles. The van der Waals surface area contributed by atoms with Crippen molar-refractivity contribution in [2.75, 3.05) is 10.8 Å². The molecule has 3 aromatic rings. The topological polar surface area (TPSA) is 86.8 Å². The summed E-state index contributed by atoms with van der Waals surface area (Å²) in [6, 6.07) is 19.7. The van der Waals surface area contributed by atoms with Gasteiger partial charge in [0.25, 0.3) is 10.0 Å². The molecule has 2 amide bonds. The van der Waals surface area contributed by atoms with Crippen molar-refractivity contribution in [1.82, 2.24) is 10.2 Å². The smallest absolute Gasteiger partial charge is 0.264 e. The third-order valence-electron chi connectivity index (χ3n) is 6.90. The zero-order valence-corrected chi connectivity index (χ0v) is 24.3. The van der Waals surface area contributed by atoms with Crippen LogP contribution in [0.3, 0.4) is 0 Å². The average Bonchev–Trinajstić information content (AvgIpc) is 2.97. The molecule has 214 valence electrons. The van der Waals surface area contributed by atoms with Gasteiger partial charge in [-0.3, -0.25) is 13.9 Å². The normalized spacial score (nSPS) is 12.8. The van der Waals surface area contributed by atoms with Crippen molar-refractivity contribution in [1.29, 1.82) is 0 Å². The first-order valence-corrected chi connectivity index (χ1v) is 15.1. The molecule has 0 fully saturated rings. The number of sulfonamides is 1. The van der Waals surface area contributed by atoms with Crippen molar-refractivity contribution >= 4 is 27.5 Å². The Morgan fingerprint density at radius 1 is 0.850 bits per heavy atom. The maximum absolute atomic E-state index is 14.0. The molecule has 0 heterocycles. The lowest BCUT2D eigenvalue weighted by atomic mass is 10.1. The van der Waals surface area contributed by atoms with Crippen LogP contribution in [0.15, 0.2) is 83.8 Å². The quantitative estimate of drug-likeness (QED) is 0.304. The van der Waals surface area contributed by atoms with Crippen molar-refractivity contribution in [2.24, 2.45) is 0 Å². The first-order valence-electron chi connectivity index (χ1n) is 13.6. The summed E-state index contributed by atoms with van der Waals surface area (Å²) in [7, 11) is -4.12. The number of aryl methyl sites for hydroxylation is 1. The number of anilines is 1. The Labute approximate surface area is 237 Å². The van der Waals surface area contributed by atoms with E-state index >= 15 is 0 Å². The summed E-state index contributed by atoms with van der Waals surface area (Å²) in [6.45, 7) is 7.12. The molecule has 3 aromatic carbocycles. The SMILES string of the molecule is CCc1ccc(N(CC(=O)N(Cc2ccc(F)cc2)[C@@H](CC)C(=O)N[C@H](C)CC)S(=O)(=O)c2ccccc2)cc1. The van der Waals surface area contributed by atoms with Crippen LogP contribution >= 0.6 is 0 Å². The summed E-state index contributed by atoms with van der Waals surface area (Å²) < 4.78 is 42.4. The minimum Gasteiger partial charge on any atom is -0.352 e. The first-order chi connectivity index (χ1) is 19.1. The number of hydrogen-bond acceptors (Lipinski definition) is 4. The van der Waals surface area contributed by atoms with E-state index in [1.807, 2.05) is 32.9 Å². The molecule has 1 N–H and O–H groups in total. The largest absolute Gasteiger partial charge is 0.352 e. The molecule has 7 nitrogen and oxygen atoms in total. The predicted octanol–water partition coefficient (Wildman–Crippen LogP) is 5.31. The molecule has 0 aliphatic heterocycles. The molecular weight excluding hydrogens is 529 g/mol. The molecule has 0 bridgehead atoms. The van der Waals surface area contributed by atoms with Crippen molar-refractivity contribution in [3.05, 3.63) is 95.8 Å². The van der Waals surface area contributed by atoms with E-state index in [0.717, 1.165) is 16.3 Å². The fourth-order valence-electron chi connectivity index (χ4n) is 4.29. The number of nitrogens with one attached hydrogen (secondary N) is 1. The lowest BCUT2D eigenvalue weighted by Gasteiger charge is -2.33. The fraction of sp³-hybridized carbons (Fsp3) is 0.355. The summed E-state index contributed by atoms with van der Waals surface area (Å²) in [5.41, 5.74) is 1.99. The Morgan fingerprint density at radius 3 is 2.00 bits per heavy atom. The van der Waals surface area contributed by atoms with Crippen LogP contribution in [-0.4, -0.2) is 43.8 Å². The molecule has 3 rings (SSSR count). The van der Waals surface area contributed by atoms with Gasteiger partial charge in [0.1, 0.15) is 18.4 Å². The number of halogens is 1.